The number of carboxylic acids is 3. The quantitative estimate of drug-likeness (QED) is 0.661. The van der Waals surface area contributed by atoms with Gasteiger partial charge in [-0.25, -0.2) is 0 Å². The Morgan fingerprint density at radius 2 is 1.23 bits per heavy atom. The first-order valence-electron chi connectivity index (χ1n) is 5.94. The first kappa shape index (κ1) is 15.0. The van der Waals surface area contributed by atoms with Crippen LogP contribution in [0.3, 0.4) is 0 Å². The van der Waals surface area contributed by atoms with Crippen molar-refractivity contribution in [2.45, 2.75) is 0 Å². The molecule has 0 atom stereocenters. The lowest BCUT2D eigenvalue weighted by molar-refractivity contribution is -0.259. The standard InChI is InChI=1S/C15H10O7/c16-13(17)8-1-3-9(4-2-8)22-10-5-6-11(14(18)19)12(7-10)15(20)21/h1-7H,(H,16,17)(H,18,19)(H,20,21)/p-3. The van der Waals surface area contributed by atoms with Crippen molar-refractivity contribution >= 4 is 17.9 Å². The first-order valence-corrected chi connectivity index (χ1v) is 5.94. The van der Waals surface area contributed by atoms with Gasteiger partial charge in [-0.1, -0.05) is 0 Å². The number of benzene rings is 2. The van der Waals surface area contributed by atoms with Crippen LogP contribution in [0.4, 0.5) is 0 Å². The van der Waals surface area contributed by atoms with Crippen molar-refractivity contribution in [3.8, 4) is 11.5 Å². The summed E-state index contributed by atoms with van der Waals surface area (Å²) in [5.74, 6) is -4.40. The topological polar surface area (TPSA) is 130 Å². The fraction of sp³-hybridized carbons (Fsp3) is 0. The van der Waals surface area contributed by atoms with E-state index in [0.29, 0.717) is 0 Å². The van der Waals surface area contributed by atoms with Gasteiger partial charge in [-0.3, -0.25) is 0 Å². The van der Waals surface area contributed by atoms with Gasteiger partial charge in [0.15, 0.2) is 0 Å². The van der Waals surface area contributed by atoms with E-state index in [0.717, 1.165) is 12.1 Å². The molecule has 0 spiro atoms. The minimum absolute atomic E-state index is 0.0462. The summed E-state index contributed by atoms with van der Waals surface area (Å²) in [7, 11) is 0. The van der Waals surface area contributed by atoms with Gasteiger partial charge in [0.1, 0.15) is 11.5 Å². The lowest BCUT2D eigenvalue weighted by Crippen LogP contribution is -2.30. The number of carboxylic acid groups (broad SMARTS) is 3. The Bertz CT molecular complexity index is 747. The molecule has 2 aromatic rings. The molecule has 0 aliphatic heterocycles. The molecule has 7 nitrogen and oxygen atoms in total. The molecule has 0 bridgehead atoms. The Kier molecular flexibility index (Phi) is 4.08. The third kappa shape index (κ3) is 3.21. The average molecular weight is 299 g/mol. The van der Waals surface area contributed by atoms with Gasteiger partial charge in [0, 0.05) is 11.1 Å². The fourth-order valence-corrected chi connectivity index (χ4v) is 1.73. The monoisotopic (exact) mass is 299 g/mol. The van der Waals surface area contributed by atoms with Crippen LogP contribution in [0.1, 0.15) is 31.1 Å². The second-order valence-corrected chi connectivity index (χ2v) is 4.20. The van der Waals surface area contributed by atoms with Crippen molar-refractivity contribution in [1.29, 1.82) is 0 Å². The number of hydrogen-bond donors (Lipinski definition) is 0. The zero-order chi connectivity index (χ0) is 16.3. The highest BCUT2D eigenvalue weighted by atomic mass is 16.5. The number of carbonyl (C=O) groups excluding carboxylic acids is 3. The maximum absolute atomic E-state index is 10.9. The van der Waals surface area contributed by atoms with E-state index in [1.165, 1.54) is 30.3 Å². The van der Waals surface area contributed by atoms with Gasteiger partial charge in [0.2, 0.25) is 0 Å². The van der Waals surface area contributed by atoms with Crippen LogP contribution in [0.25, 0.3) is 0 Å². The van der Waals surface area contributed by atoms with Crippen molar-refractivity contribution in [1.82, 2.24) is 0 Å². The van der Waals surface area contributed by atoms with Gasteiger partial charge in [0.05, 0.1) is 17.9 Å². The molecule has 0 fully saturated rings. The summed E-state index contributed by atoms with van der Waals surface area (Å²) in [4.78, 5) is 32.3. The fourth-order valence-electron chi connectivity index (χ4n) is 1.73. The van der Waals surface area contributed by atoms with Gasteiger partial charge >= 0.3 is 0 Å². The molecule has 0 radical (unpaired) electrons. The van der Waals surface area contributed by atoms with Crippen molar-refractivity contribution in [2.75, 3.05) is 0 Å². The van der Waals surface area contributed by atoms with Crippen LogP contribution in [0.5, 0.6) is 11.5 Å². The van der Waals surface area contributed by atoms with Crippen LogP contribution in [0, 0.1) is 0 Å². The molecular formula is C15H7O7-3. The van der Waals surface area contributed by atoms with Gasteiger partial charge < -0.3 is 34.4 Å². The van der Waals surface area contributed by atoms with E-state index in [-0.39, 0.29) is 17.1 Å². The summed E-state index contributed by atoms with van der Waals surface area (Å²) in [5, 5.41) is 32.3. The highest BCUT2D eigenvalue weighted by Crippen LogP contribution is 2.24. The number of carbonyl (C=O) groups is 3. The van der Waals surface area contributed by atoms with Crippen LogP contribution in [0.15, 0.2) is 42.5 Å². The molecular weight excluding hydrogens is 292 g/mol. The maximum Gasteiger partial charge on any atom is 0.128 e. The molecule has 0 saturated carbocycles. The smallest absolute Gasteiger partial charge is 0.128 e. The Morgan fingerprint density at radius 3 is 1.73 bits per heavy atom. The maximum atomic E-state index is 10.9. The summed E-state index contributed by atoms with van der Waals surface area (Å²) in [6.45, 7) is 0. The largest absolute Gasteiger partial charge is 0.545 e. The second kappa shape index (κ2) is 5.96. The SMILES string of the molecule is O=C([O-])c1ccc(Oc2ccc(C(=O)[O-])c(C(=O)[O-])c2)cc1. The van der Waals surface area contributed by atoms with Crippen LogP contribution >= 0.6 is 0 Å². The first-order chi connectivity index (χ1) is 10.4. The summed E-state index contributed by atoms with van der Waals surface area (Å²) in [5.41, 5.74) is -1.15. The van der Waals surface area contributed by atoms with Gasteiger partial charge in [-0.05, 0) is 48.0 Å². The number of ether oxygens (including phenoxy) is 1. The summed E-state index contributed by atoms with van der Waals surface area (Å²) in [6, 6.07) is 8.43. The van der Waals surface area contributed by atoms with E-state index in [2.05, 4.69) is 0 Å². The average Bonchev–Trinajstić information content (AvgIpc) is 2.47. The molecule has 0 N–H and O–H groups in total. The minimum atomic E-state index is -1.68. The molecule has 0 aliphatic rings. The van der Waals surface area contributed by atoms with E-state index in [1.54, 1.807) is 0 Å². The molecule has 112 valence electrons. The van der Waals surface area contributed by atoms with Crippen molar-refractivity contribution in [2.24, 2.45) is 0 Å². The van der Waals surface area contributed by atoms with E-state index in [4.69, 9.17) is 4.74 Å². The zero-order valence-electron chi connectivity index (χ0n) is 10.9. The van der Waals surface area contributed by atoms with E-state index >= 15 is 0 Å². The highest BCUT2D eigenvalue weighted by Gasteiger charge is 2.08. The van der Waals surface area contributed by atoms with E-state index < -0.39 is 29.0 Å². The Labute approximate surface area is 124 Å². The number of aromatic carboxylic acids is 3. The Hall–Kier alpha value is -3.35. The lowest BCUT2D eigenvalue weighted by atomic mass is 10.1. The molecule has 0 aliphatic carbocycles. The summed E-state index contributed by atoms with van der Waals surface area (Å²) >= 11 is 0. The number of hydrogen-bond acceptors (Lipinski definition) is 7. The summed E-state index contributed by atoms with van der Waals surface area (Å²) < 4.78 is 5.32. The van der Waals surface area contributed by atoms with Crippen LogP contribution in [0.2, 0.25) is 0 Å². The Morgan fingerprint density at radius 1 is 0.682 bits per heavy atom. The zero-order valence-corrected chi connectivity index (χ0v) is 10.9. The minimum Gasteiger partial charge on any atom is -0.545 e. The van der Waals surface area contributed by atoms with Gasteiger partial charge in [0.25, 0.3) is 0 Å². The van der Waals surface area contributed by atoms with Crippen LogP contribution in [-0.2, 0) is 0 Å². The molecule has 0 aromatic heterocycles. The summed E-state index contributed by atoms with van der Waals surface area (Å²) in [6.07, 6.45) is 0. The van der Waals surface area contributed by atoms with Crippen molar-refractivity contribution < 1.29 is 34.4 Å². The highest BCUT2D eigenvalue weighted by molar-refractivity contribution is 6.00. The normalized spacial score (nSPS) is 10.0. The molecule has 2 aromatic carbocycles. The number of rotatable bonds is 5. The van der Waals surface area contributed by atoms with Crippen LogP contribution < -0.4 is 20.1 Å². The van der Waals surface area contributed by atoms with Gasteiger partial charge in [-0.2, -0.15) is 0 Å². The van der Waals surface area contributed by atoms with E-state index in [9.17, 15) is 29.7 Å². The third-order valence-corrected chi connectivity index (χ3v) is 2.76. The molecule has 7 heteroatoms. The van der Waals surface area contributed by atoms with Crippen molar-refractivity contribution in [3.05, 3.63) is 59.2 Å². The van der Waals surface area contributed by atoms with Crippen LogP contribution in [-0.4, -0.2) is 17.9 Å². The predicted octanol–water partition coefficient (Wildman–Crippen LogP) is -1.43. The molecule has 2 rings (SSSR count). The lowest BCUT2D eigenvalue weighted by Gasteiger charge is -2.14. The molecule has 0 amide bonds. The Balaban J connectivity index is 2.30. The molecule has 0 unspecified atom stereocenters. The molecule has 0 heterocycles. The molecule has 0 saturated heterocycles. The molecule has 22 heavy (non-hydrogen) atoms. The van der Waals surface area contributed by atoms with Crippen molar-refractivity contribution in [3.63, 3.8) is 0 Å². The van der Waals surface area contributed by atoms with E-state index in [1.807, 2.05) is 0 Å². The predicted molar refractivity (Wildman–Crippen MR) is 65.9 cm³/mol. The van der Waals surface area contributed by atoms with Gasteiger partial charge in [-0.15, -0.1) is 0 Å². The second-order valence-electron chi connectivity index (χ2n) is 4.20. The third-order valence-electron chi connectivity index (χ3n) is 2.76.